The topological polar surface area (TPSA) is 30.8 Å². The van der Waals surface area contributed by atoms with E-state index in [2.05, 4.69) is 0 Å². The highest BCUT2D eigenvalue weighted by Crippen LogP contribution is 2.23. The Morgan fingerprint density at radius 1 is 0.944 bits per heavy atom. The molecule has 0 spiro atoms. The van der Waals surface area contributed by atoms with Crippen molar-refractivity contribution < 1.29 is 9.47 Å². The normalized spacial score (nSPS) is 23.9. The van der Waals surface area contributed by atoms with Gasteiger partial charge in [0.15, 0.2) is 0 Å². The maximum absolute atomic E-state index is 5.96. The first-order chi connectivity index (χ1) is 8.88. The van der Waals surface area contributed by atoms with E-state index in [1.54, 1.807) is 0 Å². The minimum absolute atomic E-state index is 0.340. The van der Waals surface area contributed by atoms with Crippen molar-refractivity contribution in [2.24, 2.45) is 4.99 Å². The van der Waals surface area contributed by atoms with Crippen LogP contribution in [0.2, 0.25) is 0 Å². The van der Waals surface area contributed by atoms with Crippen LogP contribution >= 0.6 is 0 Å². The van der Waals surface area contributed by atoms with Gasteiger partial charge < -0.3 is 9.47 Å². The van der Waals surface area contributed by atoms with E-state index in [4.69, 9.17) is 14.5 Å². The largest absolute Gasteiger partial charge is 0.451 e. The lowest BCUT2D eigenvalue weighted by Gasteiger charge is -2.24. The second kappa shape index (κ2) is 7.65. The van der Waals surface area contributed by atoms with Crippen molar-refractivity contribution in [1.29, 1.82) is 0 Å². The number of aliphatic imine (C=N–C) groups is 1. The molecule has 0 aliphatic heterocycles. The standard InChI is InChI=1S/C15H27NO2/c1-2-17-15(16-13-9-5-3-6-10-13)18-14-11-7-4-8-12-14/h13-14H,2-12H2,1H3. The highest BCUT2D eigenvalue weighted by molar-refractivity contribution is 5.67. The lowest BCUT2D eigenvalue weighted by atomic mass is 9.96. The van der Waals surface area contributed by atoms with Crippen LogP contribution in [0, 0.1) is 0 Å². The van der Waals surface area contributed by atoms with Crippen LogP contribution in [0.25, 0.3) is 0 Å². The molecule has 0 saturated heterocycles. The Bertz CT molecular complexity index is 253. The fourth-order valence-electron chi connectivity index (χ4n) is 2.91. The van der Waals surface area contributed by atoms with Gasteiger partial charge in [0.2, 0.25) is 0 Å². The molecule has 0 aromatic carbocycles. The molecule has 2 fully saturated rings. The molecule has 2 aliphatic carbocycles. The molecule has 0 aromatic rings. The zero-order chi connectivity index (χ0) is 12.6. The number of ether oxygens (including phenoxy) is 2. The SMILES string of the molecule is CCOC(=NC1CCCCC1)OC1CCCCC1. The quantitative estimate of drug-likeness (QED) is 0.561. The Kier molecular flexibility index (Phi) is 5.82. The number of rotatable bonds is 3. The third-order valence-electron chi connectivity index (χ3n) is 3.95. The third-order valence-corrected chi connectivity index (χ3v) is 3.95. The first-order valence-electron chi connectivity index (χ1n) is 7.75. The zero-order valence-corrected chi connectivity index (χ0v) is 11.7. The van der Waals surface area contributed by atoms with Crippen molar-refractivity contribution in [1.82, 2.24) is 0 Å². The van der Waals surface area contributed by atoms with Gasteiger partial charge in [-0.05, 0) is 45.4 Å². The van der Waals surface area contributed by atoms with Crippen LogP contribution in [-0.4, -0.2) is 24.8 Å². The summed E-state index contributed by atoms with van der Waals surface area (Å²) in [6.45, 7) is 2.65. The highest BCUT2D eigenvalue weighted by Gasteiger charge is 2.19. The molecule has 0 aromatic heterocycles. The van der Waals surface area contributed by atoms with E-state index in [1.165, 1.54) is 51.4 Å². The number of nitrogens with zero attached hydrogens (tertiary/aromatic N) is 1. The van der Waals surface area contributed by atoms with Gasteiger partial charge in [0.1, 0.15) is 6.10 Å². The molecule has 0 bridgehead atoms. The van der Waals surface area contributed by atoms with Crippen LogP contribution in [0.5, 0.6) is 0 Å². The predicted molar refractivity (Wildman–Crippen MR) is 73.9 cm³/mol. The molecule has 18 heavy (non-hydrogen) atoms. The maximum atomic E-state index is 5.96. The van der Waals surface area contributed by atoms with E-state index in [1.807, 2.05) is 6.92 Å². The highest BCUT2D eigenvalue weighted by atomic mass is 16.7. The molecule has 0 N–H and O–H groups in total. The van der Waals surface area contributed by atoms with Crippen molar-refractivity contribution in [3.05, 3.63) is 0 Å². The summed E-state index contributed by atoms with van der Waals surface area (Å²) in [5.41, 5.74) is 0. The van der Waals surface area contributed by atoms with E-state index in [0.29, 0.717) is 24.8 Å². The molecule has 0 radical (unpaired) electrons. The van der Waals surface area contributed by atoms with Gasteiger partial charge in [-0.25, -0.2) is 4.99 Å². The lowest BCUT2D eigenvalue weighted by molar-refractivity contribution is 0.0831. The van der Waals surface area contributed by atoms with E-state index in [0.717, 1.165) is 12.8 Å². The van der Waals surface area contributed by atoms with Crippen molar-refractivity contribution >= 4 is 6.08 Å². The molecule has 2 saturated carbocycles. The predicted octanol–water partition coefficient (Wildman–Crippen LogP) is 4.06. The van der Waals surface area contributed by atoms with Crippen LogP contribution in [0.1, 0.15) is 71.1 Å². The second-order valence-corrected chi connectivity index (χ2v) is 5.50. The summed E-state index contributed by atoms with van der Waals surface area (Å²) in [6, 6.07) is 0.434. The summed E-state index contributed by atoms with van der Waals surface area (Å²) in [5.74, 6) is 0. The molecule has 3 nitrogen and oxygen atoms in total. The Morgan fingerprint density at radius 3 is 2.17 bits per heavy atom. The van der Waals surface area contributed by atoms with Crippen molar-refractivity contribution in [3.63, 3.8) is 0 Å². The third kappa shape index (κ3) is 4.51. The summed E-state index contributed by atoms with van der Waals surface area (Å²) in [7, 11) is 0. The summed E-state index contributed by atoms with van der Waals surface area (Å²) in [4.78, 5) is 4.69. The Labute approximate surface area is 111 Å². The smallest absolute Gasteiger partial charge is 0.384 e. The lowest BCUT2D eigenvalue weighted by Crippen LogP contribution is -2.24. The van der Waals surface area contributed by atoms with Gasteiger partial charge in [-0.1, -0.05) is 25.7 Å². The van der Waals surface area contributed by atoms with Gasteiger partial charge in [0, 0.05) is 0 Å². The van der Waals surface area contributed by atoms with Crippen LogP contribution < -0.4 is 0 Å². The maximum Gasteiger partial charge on any atom is 0.384 e. The average Bonchev–Trinajstić information content (AvgIpc) is 2.41. The fourth-order valence-corrected chi connectivity index (χ4v) is 2.91. The first kappa shape index (κ1) is 13.7. The minimum Gasteiger partial charge on any atom is -0.451 e. The first-order valence-corrected chi connectivity index (χ1v) is 7.75. The molecule has 2 aliphatic rings. The zero-order valence-electron chi connectivity index (χ0n) is 11.7. The van der Waals surface area contributed by atoms with E-state index in [9.17, 15) is 0 Å². The number of hydrogen-bond acceptors (Lipinski definition) is 3. The molecule has 0 atom stereocenters. The Balaban J connectivity index is 1.86. The van der Waals surface area contributed by atoms with Crippen LogP contribution in [0.3, 0.4) is 0 Å². The van der Waals surface area contributed by atoms with Crippen LogP contribution in [0.4, 0.5) is 0 Å². The van der Waals surface area contributed by atoms with Crippen LogP contribution in [0.15, 0.2) is 4.99 Å². The molecule has 0 heterocycles. The molecule has 2 rings (SSSR count). The summed E-state index contributed by atoms with van der Waals surface area (Å²) < 4.78 is 11.5. The van der Waals surface area contributed by atoms with Gasteiger partial charge in [0.05, 0.1) is 12.6 Å². The molecule has 0 amide bonds. The van der Waals surface area contributed by atoms with Gasteiger partial charge in [0.25, 0.3) is 0 Å². The van der Waals surface area contributed by atoms with E-state index in [-0.39, 0.29) is 0 Å². The number of hydrogen-bond donors (Lipinski definition) is 0. The Morgan fingerprint density at radius 2 is 1.56 bits per heavy atom. The molecular weight excluding hydrogens is 226 g/mol. The average molecular weight is 253 g/mol. The van der Waals surface area contributed by atoms with Gasteiger partial charge in [-0.2, -0.15) is 0 Å². The molecule has 104 valence electrons. The van der Waals surface area contributed by atoms with Gasteiger partial charge in [-0.15, -0.1) is 0 Å². The van der Waals surface area contributed by atoms with Gasteiger partial charge >= 0.3 is 6.08 Å². The van der Waals surface area contributed by atoms with Crippen molar-refractivity contribution in [2.45, 2.75) is 83.3 Å². The van der Waals surface area contributed by atoms with Crippen molar-refractivity contribution in [3.8, 4) is 0 Å². The van der Waals surface area contributed by atoms with Gasteiger partial charge in [-0.3, -0.25) is 0 Å². The fraction of sp³-hybridized carbons (Fsp3) is 0.933. The minimum atomic E-state index is 0.340. The molecule has 0 unspecified atom stereocenters. The van der Waals surface area contributed by atoms with Crippen molar-refractivity contribution in [2.75, 3.05) is 6.61 Å². The summed E-state index contributed by atoms with van der Waals surface area (Å²) in [6.07, 6.45) is 13.5. The van der Waals surface area contributed by atoms with E-state index >= 15 is 0 Å². The Hall–Kier alpha value is -0.730. The van der Waals surface area contributed by atoms with Crippen LogP contribution in [-0.2, 0) is 9.47 Å². The molecular formula is C15H27NO2. The van der Waals surface area contributed by atoms with E-state index < -0.39 is 0 Å². The monoisotopic (exact) mass is 253 g/mol. The summed E-state index contributed by atoms with van der Waals surface area (Å²) in [5, 5.41) is 0. The summed E-state index contributed by atoms with van der Waals surface area (Å²) >= 11 is 0. The molecule has 3 heteroatoms. The second-order valence-electron chi connectivity index (χ2n) is 5.50.